The molecular weight excluding hydrogens is 715 g/mol. The summed E-state index contributed by atoms with van der Waals surface area (Å²) in [6.07, 6.45) is 40.8. The Labute approximate surface area is 351 Å². The highest BCUT2D eigenvalue weighted by atomic mass is 32.1. The van der Waals surface area contributed by atoms with Crippen LogP contribution < -0.4 is 21.1 Å². The first kappa shape index (κ1) is 52.5. The zero-order chi connectivity index (χ0) is 40.9. The van der Waals surface area contributed by atoms with Gasteiger partial charge in [-0.25, -0.2) is 0 Å². The van der Waals surface area contributed by atoms with Gasteiger partial charge in [-0.05, 0) is 83.2 Å². The summed E-state index contributed by atoms with van der Waals surface area (Å²) < 4.78 is 6.04. The van der Waals surface area contributed by atoms with Gasteiger partial charge in [-0.1, -0.05) is 162 Å². The lowest BCUT2D eigenvalue weighted by Crippen LogP contribution is -2.40. The second-order valence-corrected chi connectivity index (χ2v) is 17.6. The summed E-state index contributed by atoms with van der Waals surface area (Å²) in [4.78, 5) is 41.2. The lowest BCUT2D eigenvalue weighted by Gasteiger charge is -2.23. The average molecular weight is 806 g/mol. The van der Waals surface area contributed by atoms with E-state index in [1.54, 1.807) is 4.90 Å². The van der Waals surface area contributed by atoms with E-state index >= 15 is 0 Å². The van der Waals surface area contributed by atoms with Gasteiger partial charge in [-0.15, -0.1) is 0 Å². The third kappa shape index (κ3) is 28.0. The van der Waals surface area contributed by atoms with Gasteiger partial charge in [0.15, 0.2) is 0 Å². The third-order valence-corrected chi connectivity index (χ3v) is 11.9. The van der Waals surface area contributed by atoms with Gasteiger partial charge in [0.1, 0.15) is 17.5 Å². The first-order chi connectivity index (χ1) is 27.3. The van der Waals surface area contributed by atoms with Gasteiger partial charge in [0.2, 0.25) is 0 Å². The SMILES string of the molecule is CCCCCCCCCCCCCCCCN(CCCCCCCC(=O)OC(CCCCCCS)CCCCCCCC)CCCNc1c(N(C)C)c(=O)c1=O. The molecule has 1 N–H and O–H groups in total. The predicted octanol–water partition coefficient (Wildman–Crippen LogP) is 12.8. The number of esters is 1. The Hall–Kier alpha value is -1.54. The molecule has 1 rings (SSSR count). The molecule has 1 aromatic rings. The number of hydrogen-bond acceptors (Lipinski definition) is 8. The number of carbonyl (C=O) groups excluding carboxylic acids is 1. The minimum atomic E-state index is -0.385. The summed E-state index contributed by atoms with van der Waals surface area (Å²) in [5.74, 6) is 0.961. The van der Waals surface area contributed by atoms with Crippen LogP contribution in [0.25, 0.3) is 0 Å². The number of carbonyl (C=O) groups is 1. The second kappa shape index (κ2) is 37.7. The molecule has 1 unspecified atom stereocenters. The molecule has 0 saturated heterocycles. The summed E-state index contributed by atoms with van der Waals surface area (Å²) in [6, 6.07) is 0. The maximum Gasteiger partial charge on any atom is 0.306 e. The molecule has 8 heteroatoms. The Morgan fingerprint density at radius 1 is 0.554 bits per heavy atom. The Balaban J connectivity index is 2.36. The van der Waals surface area contributed by atoms with Crippen molar-refractivity contribution >= 4 is 30.0 Å². The van der Waals surface area contributed by atoms with E-state index in [4.69, 9.17) is 4.74 Å². The number of anilines is 2. The summed E-state index contributed by atoms with van der Waals surface area (Å²) in [7, 11) is 3.63. The van der Waals surface area contributed by atoms with E-state index < -0.39 is 0 Å². The molecule has 56 heavy (non-hydrogen) atoms. The van der Waals surface area contributed by atoms with Gasteiger partial charge in [-0.2, -0.15) is 12.6 Å². The number of rotatable bonds is 43. The zero-order valence-corrected chi connectivity index (χ0v) is 38.3. The van der Waals surface area contributed by atoms with Crippen molar-refractivity contribution in [2.24, 2.45) is 0 Å². The van der Waals surface area contributed by atoms with Gasteiger partial charge in [-0.3, -0.25) is 14.4 Å². The minimum Gasteiger partial charge on any atom is -0.462 e. The standard InChI is InChI=1S/C48H91N3O4S/c1-5-7-9-11-13-14-15-16-17-18-19-20-25-31-39-51(41-34-38-49-45-46(50(3)4)48(54)47(45)53)40-32-26-21-23-30-37-44(52)55-43(36-29-24-27-33-42-56)35-28-22-12-10-8-6-2/h43,49,56H,5-42H2,1-4H3. The van der Waals surface area contributed by atoms with Crippen molar-refractivity contribution < 1.29 is 9.53 Å². The molecule has 0 radical (unpaired) electrons. The highest BCUT2D eigenvalue weighted by Crippen LogP contribution is 2.20. The summed E-state index contributed by atoms with van der Waals surface area (Å²) >= 11 is 4.34. The van der Waals surface area contributed by atoms with Gasteiger partial charge < -0.3 is 19.9 Å². The first-order valence-electron chi connectivity index (χ1n) is 24.1. The number of unbranched alkanes of at least 4 members (excludes halogenated alkanes) is 25. The van der Waals surface area contributed by atoms with E-state index in [1.807, 2.05) is 14.1 Å². The quantitative estimate of drug-likeness (QED) is 0.0294. The fourth-order valence-corrected chi connectivity index (χ4v) is 8.21. The first-order valence-corrected chi connectivity index (χ1v) is 24.8. The number of nitrogens with zero attached hydrogens (tertiary/aromatic N) is 2. The van der Waals surface area contributed by atoms with E-state index in [9.17, 15) is 14.4 Å². The van der Waals surface area contributed by atoms with Gasteiger partial charge >= 0.3 is 5.97 Å². The van der Waals surface area contributed by atoms with E-state index in [-0.39, 0.29) is 22.9 Å². The van der Waals surface area contributed by atoms with Crippen molar-refractivity contribution in [3.05, 3.63) is 20.4 Å². The van der Waals surface area contributed by atoms with Crippen molar-refractivity contribution in [3.63, 3.8) is 0 Å². The number of nitrogens with one attached hydrogen (secondary N) is 1. The fourth-order valence-electron chi connectivity index (χ4n) is 7.98. The highest BCUT2D eigenvalue weighted by molar-refractivity contribution is 7.80. The molecule has 0 fully saturated rings. The summed E-state index contributed by atoms with van der Waals surface area (Å²) in [6.45, 7) is 8.47. The average Bonchev–Trinajstić information content (AvgIpc) is 3.18. The van der Waals surface area contributed by atoms with Crippen LogP contribution in [0.5, 0.6) is 0 Å². The largest absolute Gasteiger partial charge is 0.462 e. The van der Waals surface area contributed by atoms with Crippen LogP contribution in [0, 0.1) is 0 Å². The van der Waals surface area contributed by atoms with Gasteiger partial charge in [0.05, 0.1) is 0 Å². The maximum atomic E-state index is 12.8. The molecule has 7 nitrogen and oxygen atoms in total. The molecule has 0 spiro atoms. The van der Waals surface area contributed by atoms with Crippen LogP contribution in [0.2, 0.25) is 0 Å². The molecule has 0 heterocycles. The molecule has 0 aliphatic heterocycles. The molecule has 1 aromatic carbocycles. The van der Waals surface area contributed by atoms with E-state index in [0.717, 1.165) is 70.3 Å². The second-order valence-electron chi connectivity index (χ2n) is 17.1. The minimum absolute atomic E-state index is 0.00530. The fraction of sp³-hybridized carbons (Fsp3) is 0.896. The molecule has 0 amide bonds. The predicted molar refractivity (Wildman–Crippen MR) is 248 cm³/mol. The van der Waals surface area contributed by atoms with Crippen LogP contribution >= 0.6 is 12.6 Å². The van der Waals surface area contributed by atoms with Crippen LogP contribution in [-0.2, 0) is 9.53 Å². The monoisotopic (exact) mass is 806 g/mol. The summed E-state index contributed by atoms with van der Waals surface area (Å²) in [5, 5.41) is 3.25. The number of ether oxygens (including phenoxy) is 1. The van der Waals surface area contributed by atoms with Crippen LogP contribution in [0.3, 0.4) is 0 Å². The zero-order valence-electron chi connectivity index (χ0n) is 37.4. The van der Waals surface area contributed by atoms with Gasteiger partial charge in [0.25, 0.3) is 10.9 Å². The van der Waals surface area contributed by atoms with Gasteiger partial charge in [0, 0.05) is 27.1 Å². The maximum absolute atomic E-state index is 12.8. The number of thiol groups is 1. The van der Waals surface area contributed by atoms with Crippen molar-refractivity contribution in [2.45, 2.75) is 232 Å². The molecular formula is C48H91N3O4S. The van der Waals surface area contributed by atoms with Crippen LogP contribution in [0.1, 0.15) is 226 Å². The Kier molecular flexibility index (Phi) is 35.3. The molecule has 0 aliphatic rings. The lowest BCUT2D eigenvalue weighted by molar-refractivity contribution is -0.150. The van der Waals surface area contributed by atoms with Crippen molar-refractivity contribution in [3.8, 4) is 0 Å². The molecule has 0 saturated carbocycles. The Bertz CT molecular complexity index is 1100. The van der Waals surface area contributed by atoms with Crippen molar-refractivity contribution in [1.29, 1.82) is 0 Å². The normalized spacial score (nSPS) is 12.2. The van der Waals surface area contributed by atoms with E-state index in [2.05, 4.69) is 36.7 Å². The highest BCUT2D eigenvalue weighted by Gasteiger charge is 2.22. The van der Waals surface area contributed by atoms with E-state index in [1.165, 1.54) is 161 Å². The topological polar surface area (TPSA) is 79.0 Å². The molecule has 1 atom stereocenters. The van der Waals surface area contributed by atoms with Crippen LogP contribution in [-0.4, -0.2) is 63.0 Å². The lowest BCUT2D eigenvalue weighted by atomic mass is 10.0. The summed E-state index contributed by atoms with van der Waals surface area (Å²) in [5.41, 5.74) is 0.221. The third-order valence-electron chi connectivity index (χ3n) is 11.6. The molecule has 328 valence electrons. The molecule has 0 aliphatic carbocycles. The smallest absolute Gasteiger partial charge is 0.306 e. The van der Waals surface area contributed by atoms with E-state index in [0.29, 0.717) is 24.3 Å². The number of hydrogen-bond donors (Lipinski definition) is 2. The molecule has 0 bridgehead atoms. The Morgan fingerprint density at radius 2 is 0.964 bits per heavy atom. The van der Waals surface area contributed by atoms with Crippen LogP contribution in [0.4, 0.5) is 11.4 Å². The Morgan fingerprint density at radius 3 is 1.43 bits per heavy atom. The molecule has 0 aromatic heterocycles. The van der Waals surface area contributed by atoms with Crippen molar-refractivity contribution in [1.82, 2.24) is 4.90 Å². The van der Waals surface area contributed by atoms with Crippen LogP contribution in [0.15, 0.2) is 9.59 Å². The van der Waals surface area contributed by atoms with Crippen molar-refractivity contribution in [2.75, 3.05) is 56.2 Å².